The summed E-state index contributed by atoms with van der Waals surface area (Å²) in [5.41, 5.74) is 5.07. The molecular weight excluding hydrogens is 168 g/mol. The van der Waals surface area contributed by atoms with Gasteiger partial charge in [-0.1, -0.05) is 6.92 Å². The van der Waals surface area contributed by atoms with Gasteiger partial charge < -0.3 is 5.73 Å². The largest absolute Gasteiger partial charge is 0.369 e. The monoisotopic (exact) mass is 186 g/mol. The fraction of sp³-hybridized carbons (Fsp3) is 0.778. The Bertz CT molecular complexity index is 192. The molecule has 0 aromatic heterocycles. The molecule has 0 aliphatic heterocycles. The zero-order chi connectivity index (χ0) is 10.4. The fourth-order valence-electron chi connectivity index (χ4n) is 1.32. The first-order valence-corrected chi connectivity index (χ1v) is 4.49. The second-order valence-electron chi connectivity index (χ2n) is 3.28. The Morgan fingerprint density at radius 3 is 2.31 bits per heavy atom. The van der Waals surface area contributed by atoms with Crippen molar-refractivity contribution in [2.75, 3.05) is 13.1 Å². The summed E-state index contributed by atoms with van der Waals surface area (Å²) in [6, 6.07) is 0.0926. The average molecular weight is 186 g/mol. The lowest BCUT2D eigenvalue weighted by molar-refractivity contribution is -0.122. The maximum atomic E-state index is 10.8. The number of rotatable bonds is 6. The van der Waals surface area contributed by atoms with E-state index in [-0.39, 0.29) is 24.3 Å². The van der Waals surface area contributed by atoms with E-state index in [1.807, 2.05) is 18.7 Å². The SMILES string of the molecule is CCN(CC(N)=O)C(C)CC(C)=O. The maximum absolute atomic E-state index is 10.8. The van der Waals surface area contributed by atoms with Crippen LogP contribution in [0.5, 0.6) is 0 Å². The van der Waals surface area contributed by atoms with Crippen LogP contribution >= 0.6 is 0 Å². The van der Waals surface area contributed by atoms with E-state index in [2.05, 4.69) is 0 Å². The highest BCUT2D eigenvalue weighted by Gasteiger charge is 2.15. The average Bonchev–Trinajstić information content (AvgIpc) is 1.98. The zero-order valence-electron chi connectivity index (χ0n) is 8.54. The number of nitrogens with zero attached hydrogens (tertiary/aromatic N) is 1. The van der Waals surface area contributed by atoms with Crippen molar-refractivity contribution in [1.29, 1.82) is 0 Å². The summed E-state index contributed by atoms with van der Waals surface area (Å²) in [6.07, 6.45) is 0.473. The van der Waals surface area contributed by atoms with Crippen molar-refractivity contribution in [3.8, 4) is 0 Å². The molecule has 4 heteroatoms. The van der Waals surface area contributed by atoms with E-state index >= 15 is 0 Å². The predicted octanol–water partition coefficient (Wildman–Crippen LogP) is 0.161. The third-order valence-corrected chi connectivity index (χ3v) is 1.97. The zero-order valence-corrected chi connectivity index (χ0v) is 8.54. The standard InChI is InChI=1S/C9H18N2O2/c1-4-11(6-9(10)13)7(2)5-8(3)12/h7H,4-6H2,1-3H3,(H2,10,13). The second-order valence-corrected chi connectivity index (χ2v) is 3.28. The summed E-state index contributed by atoms with van der Waals surface area (Å²) in [5, 5.41) is 0. The third kappa shape index (κ3) is 5.36. The molecule has 0 aliphatic rings. The van der Waals surface area contributed by atoms with E-state index < -0.39 is 0 Å². The molecule has 0 aromatic carbocycles. The van der Waals surface area contributed by atoms with Crippen LogP contribution in [0.15, 0.2) is 0 Å². The van der Waals surface area contributed by atoms with Crippen LogP contribution in [0.4, 0.5) is 0 Å². The van der Waals surface area contributed by atoms with E-state index in [1.165, 1.54) is 0 Å². The van der Waals surface area contributed by atoms with Gasteiger partial charge in [0.25, 0.3) is 0 Å². The predicted molar refractivity (Wildman–Crippen MR) is 51.2 cm³/mol. The number of ketones is 1. The topological polar surface area (TPSA) is 63.4 Å². The molecule has 0 saturated carbocycles. The molecule has 1 unspecified atom stereocenters. The molecule has 0 aromatic rings. The highest BCUT2D eigenvalue weighted by molar-refractivity contribution is 5.77. The lowest BCUT2D eigenvalue weighted by Crippen LogP contribution is -2.40. The van der Waals surface area contributed by atoms with Gasteiger partial charge in [-0.2, -0.15) is 0 Å². The number of primary amides is 1. The lowest BCUT2D eigenvalue weighted by Gasteiger charge is -2.25. The highest BCUT2D eigenvalue weighted by atomic mass is 16.1. The summed E-state index contributed by atoms with van der Waals surface area (Å²) >= 11 is 0. The van der Waals surface area contributed by atoms with Gasteiger partial charge in [0.15, 0.2) is 0 Å². The fourth-order valence-corrected chi connectivity index (χ4v) is 1.32. The number of likely N-dealkylation sites (N-methyl/N-ethyl adjacent to an activating group) is 1. The molecule has 4 nitrogen and oxygen atoms in total. The van der Waals surface area contributed by atoms with Crippen LogP contribution in [0, 0.1) is 0 Å². The van der Waals surface area contributed by atoms with Crippen LogP contribution < -0.4 is 5.73 Å². The highest BCUT2D eigenvalue weighted by Crippen LogP contribution is 2.03. The number of hydrogen-bond acceptors (Lipinski definition) is 3. The Morgan fingerprint density at radius 1 is 1.46 bits per heavy atom. The molecule has 0 fully saturated rings. The number of carbonyl (C=O) groups excluding carboxylic acids is 2. The Labute approximate surface area is 79.1 Å². The Hall–Kier alpha value is -0.900. The lowest BCUT2D eigenvalue weighted by atomic mass is 10.1. The molecule has 0 radical (unpaired) electrons. The van der Waals surface area contributed by atoms with Gasteiger partial charge in [-0.05, 0) is 20.4 Å². The van der Waals surface area contributed by atoms with Gasteiger partial charge in [-0.15, -0.1) is 0 Å². The second kappa shape index (κ2) is 5.70. The van der Waals surface area contributed by atoms with Gasteiger partial charge in [0.1, 0.15) is 5.78 Å². The first-order valence-electron chi connectivity index (χ1n) is 4.49. The van der Waals surface area contributed by atoms with Gasteiger partial charge >= 0.3 is 0 Å². The van der Waals surface area contributed by atoms with Crippen LogP contribution in [0.25, 0.3) is 0 Å². The number of carbonyl (C=O) groups is 2. The number of Topliss-reactive ketones (excluding diaryl/α,β-unsaturated/α-hetero) is 1. The Morgan fingerprint density at radius 2 is 2.00 bits per heavy atom. The molecule has 2 N–H and O–H groups in total. The summed E-state index contributed by atoms with van der Waals surface area (Å²) in [7, 11) is 0. The van der Waals surface area contributed by atoms with E-state index in [0.717, 1.165) is 6.54 Å². The van der Waals surface area contributed by atoms with Crippen LogP contribution in [0.1, 0.15) is 27.2 Å². The van der Waals surface area contributed by atoms with Gasteiger partial charge in [-0.25, -0.2) is 0 Å². The molecular formula is C9H18N2O2. The van der Waals surface area contributed by atoms with Gasteiger partial charge in [-0.3, -0.25) is 14.5 Å². The minimum Gasteiger partial charge on any atom is -0.369 e. The Kier molecular flexibility index (Phi) is 5.30. The van der Waals surface area contributed by atoms with E-state index in [4.69, 9.17) is 5.73 Å². The third-order valence-electron chi connectivity index (χ3n) is 1.97. The van der Waals surface area contributed by atoms with Crippen LogP contribution in [-0.4, -0.2) is 35.7 Å². The van der Waals surface area contributed by atoms with E-state index in [0.29, 0.717) is 6.42 Å². The van der Waals surface area contributed by atoms with Crippen LogP contribution in [-0.2, 0) is 9.59 Å². The van der Waals surface area contributed by atoms with E-state index in [9.17, 15) is 9.59 Å². The molecule has 0 bridgehead atoms. The van der Waals surface area contributed by atoms with Crippen molar-refractivity contribution in [3.63, 3.8) is 0 Å². The van der Waals surface area contributed by atoms with Gasteiger partial charge in [0.05, 0.1) is 6.54 Å². The summed E-state index contributed by atoms with van der Waals surface area (Å²) in [5.74, 6) is -0.215. The first-order chi connectivity index (χ1) is 5.97. The van der Waals surface area contributed by atoms with E-state index in [1.54, 1.807) is 6.92 Å². The summed E-state index contributed by atoms with van der Waals surface area (Å²) in [4.78, 5) is 23.4. The number of amides is 1. The quantitative estimate of drug-likeness (QED) is 0.642. The molecule has 1 amide bonds. The minimum absolute atomic E-state index is 0.0926. The molecule has 0 rings (SSSR count). The van der Waals surface area contributed by atoms with Crippen molar-refractivity contribution >= 4 is 11.7 Å². The van der Waals surface area contributed by atoms with Crippen LogP contribution in [0.3, 0.4) is 0 Å². The molecule has 0 aliphatic carbocycles. The van der Waals surface area contributed by atoms with Crippen LogP contribution in [0.2, 0.25) is 0 Å². The number of hydrogen-bond donors (Lipinski definition) is 1. The normalized spacial score (nSPS) is 12.9. The minimum atomic E-state index is -0.350. The van der Waals surface area contributed by atoms with Crippen molar-refractivity contribution in [1.82, 2.24) is 4.90 Å². The van der Waals surface area contributed by atoms with Gasteiger partial charge in [0.2, 0.25) is 5.91 Å². The van der Waals surface area contributed by atoms with Crippen molar-refractivity contribution < 1.29 is 9.59 Å². The molecule has 76 valence electrons. The molecule has 0 saturated heterocycles. The van der Waals surface area contributed by atoms with Crippen molar-refractivity contribution in [3.05, 3.63) is 0 Å². The smallest absolute Gasteiger partial charge is 0.231 e. The Balaban J connectivity index is 4.06. The molecule has 0 heterocycles. The van der Waals surface area contributed by atoms with Gasteiger partial charge in [0, 0.05) is 12.5 Å². The van der Waals surface area contributed by atoms with Crippen molar-refractivity contribution in [2.24, 2.45) is 5.73 Å². The molecule has 1 atom stereocenters. The molecule has 13 heavy (non-hydrogen) atoms. The molecule has 0 spiro atoms. The maximum Gasteiger partial charge on any atom is 0.231 e. The summed E-state index contributed by atoms with van der Waals surface area (Å²) in [6.45, 7) is 6.38. The van der Waals surface area contributed by atoms with Crippen molar-refractivity contribution in [2.45, 2.75) is 33.2 Å². The number of nitrogens with two attached hydrogens (primary N) is 1. The summed E-state index contributed by atoms with van der Waals surface area (Å²) < 4.78 is 0. The first kappa shape index (κ1) is 12.1.